The van der Waals surface area contributed by atoms with Gasteiger partial charge in [0.05, 0.1) is 22.6 Å². The lowest BCUT2D eigenvalue weighted by molar-refractivity contribution is 0.0600. The molecule has 0 bridgehead atoms. The molecule has 2 rings (SSSR count). The van der Waals surface area contributed by atoms with Gasteiger partial charge >= 0.3 is 5.97 Å². The van der Waals surface area contributed by atoms with Gasteiger partial charge in [-0.2, -0.15) is 4.31 Å². The first-order chi connectivity index (χ1) is 11.8. The minimum absolute atomic E-state index is 0.0134. The average Bonchev–Trinajstić information content (AvgIpc) is 2.61. The Morgan fingerprint density at radius 1 is 1.20 bits per heavy atom. The van der Waals surface area contributed by atoms with E-state index in [-0.39, 0.29) is 22.0 Å². The van der Waals surface area contributed by atoms with Gasteiger partial charge in [0.15, 0.2) is 0 Å². The number of nitrogens with zero attached hydrogens (tertiary/aromatic N) is 1. The first-order valence-electron chi connectivity index (χ1n) is 7.26. The molecule has 0 spiro atoms. The Labute approximate surface area is 157 Å². The van der Waals surface area contributed by atoms with Crippen LogP contribution in [0.5, 0.6) is 0 Å². The summed E-state index contributed by atoms with van der Waals surface area (Å²) in [4.78, 5) is 12.8. The fraction of sp³-hybridized carbons (Fsp3) is 0.235. The third kappa shape index (κ3) is 4.55. The van der Waals surface area contributed by atoms with E-state index in [0.717, 1.165) is 10.5 Å². The number of esters is 1. The van der Waals surface area contributed by atoms with E-state index in [1.165, 1.54) is 36.7 Å². The van der Waals surface area contributed by atoms with Gasteiger partial charge in [-0.3, -0.25) is 0 Å². The topological polar surface area (TPSA) is 63.7 Å². The van der Waals surface area contributed by atoms with Crippen LogP contribution in [-0.4, -0.2) is 39.1 Å². The number of thioether (sulfide) groups is 1. The highest BCUT2D eigenvalue weighted by atomic mass is 35.5. The molecule has 2 aromatic carbocycles. The number of hydrogen-bond donors (Lipinski definition) is 0. The second-order valence-electron chi connectivity index (χ2n) is 5.24. The molecular formula is C17H18ClNO4S2. The van der Waals surface area contributed by atoms with Crippen LogP contribution in [0, 0.1) is 0 Å². The molecule has 0 radical (unpaired) electrons. The molecular weight excluding hydrogens is 382 g/mol. The molecule has 2 aromatic rings. The van der Waals surface area contributed by atoms with E-state index in [4.69, 9.17) is 11.6 Å². The number of hydrogen-bond acceptors (Lipinski definition) is 5. The molecule has 25 heavy (non-hydrogen) atoms. The van der Waals surface area contributed by atoms with E-state index in [2.05, 4.69) is 4.74 Å². The normalized spacial score (nSPS) is 11.6. The highest BCUT2D eigenvalue weighted by Crippen LogP contribution is 2.24. The van der Waals surface area contributed by atoms with Crippen LogP contribution in [0.1, 0.15) is 15.9 Å². The minimum Gasteiger partial charge on any atom is -0.465 e. The molecule has 134 valence electrons. The van der Waals surface area contributed by atoms with Crippen molar-refractivity contribution < 1.29 is 17.9 Å². The summed E-state index contributed by atoms with van der Waals surface area (Å²) in [5, 5.41) is 0.140. The molecule has 0 heterocycles. The first kappa shape index (κ1) is 19.8. The molecule has 8 heteroatoms. The quantitative estimate of drug-likeness (QED) is 0.547. The number of rotatable bonds is 6. The van der Waals surface area contributed by atoms with Crippen molar-refractivity contribution in [2.75, 3.05) is 20.4 Å². The van der Waals surface area contributed by atoms with E-state index in [0.29, 0.717) is 0 Å². The van der Waals surface area contributed by atoms with E-state index in [9.17, 15) is 13.2 Å². The molecule has 0 amide bonds. The zero-order valence-electron chi connectivity index (χ0n) is 14.0. The SMILES string of the molecule is COC(=O)c1cc(S(=O)(=O)N(C)Cc2ccc(SC)cc2)ccc1Cl. The van der Waals surface area contributed by atoms with Crippen molar-refractivity contribution in [2.24, 2.45) is 0 Å². The van der Waals surface area contributed by atoms with Crippen molar-refractivity contribution in [1.82, 2.24) is 4.31 Å². The maximum atomic E-state index is 12.8. The molecule has 0 aliphatic rings. The molecule has 0 fully saturated rings. The van der Waals surface area contributed by atoms with Crippen LogP contribution >= 0.6 is 23.4 Å². The summed E-state index contributed by atoms with van der Waals surface area (Å²) in [6.07, 6.45) is 1.98. The summed E-state index contributed by atoms with van der Waals surface area (Å²) in [6, 6.07) is 11.6. The molecule has 0 aliphatic carbocycles. The van der Waals surface area contributed by atoms with E-state index < -0.39 is 16.0 Å². The number of ether oxygens (including phenoxy) is 1. The van der Waals surface area contributed by atoms with Crippen molar-refractivity contribution in [3.63, 3.8) is 0 Å². The number of halogens is 1. The molecule has 5 nitrogen and oxygen atoms in total. The lowest BCUT2D eigenvalue weighted by atomic mass is 10.2. The van der Waals surface area contributed by atoms with Crippen LogP contribution < -0.4 is 0 Å². The van der Waals surface area contributed by atoms with Gasteiger partial charge in [-0.15, -0.1) is 11.8 Å². The Morgan fingerprint density at radius 2 is 1.84 bits per heavy atom. The minimum atomic E-state index is -3.77. The maximum absolute atomic E-state index is 12.8. The Bertz CT molecular complexity index is 867. The van der Waals surface area contributed by atoms with Crippen LogP contribution in [0.3, 0.4) is 0 Å². The Morgan fingerprint density at radius 3 is 2.40 bits per heavy atom. The standard InChI is InChI=1S/C17H18ClNO4S2/c1-19(11-12-4-6-13(24-3)7-5-12)25(21,22)14-8-9-16(18)15(10-14)17(20)23-2/h4-10H,11H2,1-3H3. The van der Waals surface area contributed by atoms with Gasteiger partial charge in [0.1, 0.15) is 0 Å². The van der Waals surface area contributed by atoms with Gasteiger partial charge in [0.2, 0.25) is 10.0 Å². The van der Waals surface area contributed by atoms with E-state index in [1.54, 1.807) is 11.8 Å². The second kappa shape index (κ2) is 8.23. The van der Waals surface area contributed by atoms with Gasteiger partial charge < -0.3 is 4.74 Å². The van der Waals surface area contributed by atoms with Crippen molar-refractivity contribution in [2.45, 2.75) is 16.3 Å². The van der Waals surface area contributed by atoms with Gasteiger partial charge in [-0.05, 0) is 42.2 Å². The zero-order chi connectivity index (χ0) is 18.6. The van der Waals surface area contributed by atoms with Crippen LogP contribution in [0.25, 0.3) is 0 Å². The molecule has 0 aromatic heterocycles. The van der Waals surface area contributed by atoms with Crippen LogP contribution in [0.15, 0.2) is 52.3 Å². The van der Waals surface area contributed by atoms with Crippen molar-refractivity contribution in [3.05, 3.63) is 58.6 Å². The summed E-state index contributed by atoms with van der Waals surface area (Å²) < 4.78 is 31.4. The molecule has 0 saturated carbocycles. The van der Waals surface area contributed by atoms with Crippen molar-refractivity contribution in [1.29, 1.82) is 0 Å². The summed E-state index contributed by atoms with van der Waals surface area (Å²) in [5.41, 5.74) is 0.883. The fourth-order valence-electron chi connectivity index (χ4n) is 2.18. The van der Waals surface area contributed by atoms with Gasteiger partial charge in [0.25, 0.3) is 0 Å². The summed E-state index contributed by atoms with van der Waals surface area (Å²) in [5.74, 6) is -0.683. The van der Waals surface area contributed by atoms with Gasteiger partial charge in [0, 0.05) is 18.5 Å². The van der Waals surface area contributed by atoms with E-state index in [1.807, 2.05) is 30.5 Å². The molecule has 0 aliphatic heterocycles. The number of sulfonamides is 1. The van der Waals surface area contributed by atoms with Crippen LogP contribution in [-0.2, 0) is 21.3 Å². The monoisotopic (exact) mass is 399 g/mol. The van der Waals surface area contributed by atoms with Crippen LogP contribution in [0.4, 0.5) is 0 Å². The highest BCUT2D eigenvalue weighted by Gasteiger charge is 2.23. The van der Waals surface area contributed by atoms with Gasteiger partial charge in [-0.1, -0.05) is 23.7 Å². The summed E-state index contributed by atoms with van der Waals surface area (Å²) in [6.45, 7) is 0.215. The predicted octanol–water partition coefficient (Wildman–Crippen LogP) is 3.67. The van der Waals surface area contributed by atoms with Crippen molar-refractivity contribution >= 4 is 39.4 Å². The third-order valence-corrected chi connectivity index (χ3v) is 6.49. The molecule has 0 saturated heterocycles. The fourth-order valence-corrected chi connectivity index (χ4v) is 3.97. The lowest BCUT2D eigenvalue weighted by Crippen LogP contribution is -2.26. The molecule has 0 unspecified atom stereocenters. The average molecular weight is 400 g/mol. The highest BCUT2D eigenvalue weighted by molar-refractivity contribution is 7.98. The first-order valence-corrected chi connectivity index (χ1v) is 10.3. The maximum Gasteiger partial charge on any atom is 0.339 e. The Balaban J connectivity index is 2.29. The smallest absolute Gasteiger partial charge is 0.339 e. The second-order valence-corrected chi connectivity index (χ2v) is 8.57. The number of carbonyl (C=O) groups is 1. The number of carbonyl (C=O) groups excluding carboxylic acids is 1. The molecule has 0 N–H and O–H groups in total. The van der Waals surface area contributed by atoms with E-state index >= 15 is 0 Å². The Hall–Kier alpha value is -1.54. The van der Waals surface area contributed by atoms with Crippen LogP contribution in [0.2, 0.25) is 5.02 Å². The number of benzene rings is 2. The number of methoxy groups -OCH3 is 1. The zero-order valence-corrected chi connectivity index (χ0v) is 16.4. The summed E-state index contributed by atoms with van der Waals surface area (Å²) >= 11 is 7.56. The lowest BCUT2D eigenvalue weighted by Gasteiger charge is -2.18. The Kier molecular flexibility index (Phi) is 6.51. The van der Waals surface area contributed by atoms with Gasteiger partial charge in [-0.25, -0.2) is 13.2 Å². The molecule has 0 atom stereocenters. The summed E-state index contributed by atoms with van der Waals surface area (Å²) in [7, 11) is -1.07. The van der Waals surface area contributed by atoms with Crippen molar-refractivity contribution in [3.8, 4) is 0 Å². The predicted molar refractivity (Wildman–Crippen MR) is 99.7 cm³/mol. The largest absolute Gasteiger partial charge is 0.465 e. The third-order valence-electron chi connectivity index (χ3n) is 3.62.